The van der Waals surface area contributed by atoms with E-state index in [1.807, 2.05) is 35.3 Å². The first-order valence-corrected chi connectivity index (χ1v) is 11.5. The number of nitrogens with zero attached hydrogens (tertiary/aromatic N) is 4. The molecule has 2 atom stereocenters. The highest BCUT2D eigenvalue weighted by Crippen LogP contribution is 2.55. The standard InChI is InChI=1S/C17H26N4O2S3/c1-11-24-12(2)26-17(3,25-11)8-6-7-9-21-15(22)13-14(18-10-19(13)4)20(5)16(21)23/h10-12H,6-9H2,1-5H3. The average Bonchev–Trinajstić information content (AvgIpc) is 2.92. The van der Waals surface area contributed by atoms with Crippen molar-refractivity contribution >= 4 is 46.4 Å². The van der Waals surface area contributed by atoms with Crippen LogP contribution in [0.1, 0.15) is 40.0 Å². The summed E-state index contributed by atoms with van der Waals surface area (Å²) in [6.07, 6.45) is 4.49. The van der Waals surface area contributed by atoms with Crippen LogP contribution in [0.25, 0.3) is 11.2 Å². The van der Waals surface area contributed by atoms with Gasteiger partial charge in [0.15, 0.2) is 11.2 Å². The molecule has 0 spiro atoms. The molecule has 2 unspecified atom stereocenters. The first-order chi connectivity index (χ1) is 12.2. The van der Waals surface area contributed by atoms with Crippen molar-refractivity contribution < 1.29 is 0 Å². The van der Waals surface area contributed by atoms with Crippen molar-refractivity contribution in [3.8, 4) is 0 Å². The van der Waals surface area contributed by atoms with Gasteiger partial charge in [-0.1, -0.05) is 0 Å². The highest BCUT2D eigenvalue weighted by atomic mass is 32.3. The number of aryl methyl sites for hydroxylation is 2. The Balaban J connectivity index is 1.70. The molecule has 1 fully saturated rings. The van der Waals surface area contributed by atoms with Crippen LogP contribution in [-0.2, 0) is 20.6 Å². The van der Waals surface area contributed by atoms with Crippen LogP contribution in [0.15, 0.2) is 15.9 Å². The van der Waals surface area contributed by atoms with Gasteiger partial charge < -0.3 is 4.57 Å². The summed E-state index contributed by atoms with van der Waals surface area (Å²) < 4.78 is 5.94. The second-order valence-corrected chi connectivity index (χ2v) is 13.2. The van der Waals surface area contributed by atoms with E-state index in [4.69, 9.17) is 0 Å². The number of fused-ring (bicyclic) bond motifs is 1. The maximum atomic E-state index is 12.7. The molecule has 26 heavy (non-hydrogen) atoms. The van der Waals surface area contributed by atoms with E-state index in [2.05, 4.69) is 25.8 Å². The largest absolute Gasteiger partial charge is 0.332 e. The van der Waals surface area contributed by atoms with Crippen LogP contribution in [0.4, 0.5) is 0 Å². The summed E-state index contributed by atoms with van der Waals surface area (Å²) in [5.74, 6) is 0. The molecular weight excluding hydrogens is 388 g/mol. The topological polar surface area (TPSA) is 61.8 Å². The number of aromatic nitrogens is 4. The second kappa shape index (κ2) is 7.67. The predicted molar refractivity (Wildman–Crippen MR) is 114 cm³/mol. The van der Waals surface area contributed by atoms with Crippen LogP contribution in [0.2, 0.25) is 0 Å². The van der Waals surface area contributed by atoms with Crippen molar-refractivity contribution in [1.82, 2.24) is 18.7 Å². The maximum Gasteiger partial charge on any atom is 0.332 e. The van der Waals surface area contributed by atoms with Crippen LogP contribution < -0.4 is 11.2 Å². The van der Waals surface area contributed by atoms with E-state index in [0.717, 1.165) is 19.3 Å². The minimum absolute atomic E-state index is 0.214. The average molecular weight is 415 g/mol. The van der Waals surface area contributed by atoms with Gasteiger partial charge in [-0.3, -0.25) is 13.9 Å². The van der Waals surface area contributed by atoms with Crippen LogP contribution in [0.5, 0.6) is 0 Å². The van der Waals surface area contributed by atoms with Crippen molar-refractivity contribution in [2.75, 3.05) is 0 Å². The number of rotatable bonds is 5. The Hall–Kier alpha value is -0.800. The molecule has 0 saturated carbocycles. The number of hydrogen-bond acceptors (Lipinski definition) is 6. The van der Waals surface area contributed by atoms with Gasteiger partial charge in [-0.05, 0) is 40.0 Å². The van der Waals surface area contributed by atoms with Crippen molar-refractivity contribution in [3.05, 3.63) is 27.2 Å². The van der Waals surface area contributed by atoms with E-state index >= 15 is 0 Å². The Kier molecular flexibility index (Phi) is 5.89. The van der Waals surface area contributed by atoms with Gasteiger partial charge in [0.25, 0.3) is 5.56 Å². The third-order valence-electron chi connectivity index (χ3n) is 4.68. The lowest BCUT2D eigenvalue weighted by Gasteiger charge is -2.39. The molecule has 1 saturated heterocycles. The molecule has 0 aliphatic carbocycles. The van der Waals surface area contributed by atoms with Gasteiger partial charge in [0.1, 0.15) is 0 Å². The quantitative estimate of drug-likeness (QED) is 0.700. The fourth-order valence-electron chi connectivity index (χ4n) is 3.48. The van der Waals surface area contributed by atoms with Crippen molar-refractivity contribution in [3.63, 3.8) is 0 Å². The van der Waals surface area contributed by atoms with Crippen molar-refractivity contribution in [2.24, 2.45) is 14.1 Å². The zero-order valence-corrected chi connectivity index (χ0v) is 18.3. The van der Waals surface area contributed by atoms with E-state index in [1.165, 1.54) is 9.13 Å². The Morgan fingerprint density at radius 2 is 1.81 bits per heavy atom. The van der Waals surface area contributed by atoms with Gasteiger partial charge in [-0.2, -0.15) is 0 Å². The Labute approximate surface area is 166 Å². The van der Waals surface area contributed by atoms with Crippen LogP contribution in [0.3, 0.4) is 0 Å². The van der Waals surface area contributed by atoms with E-state index in [9.17, 15) is 9.59 Å². The summed E-state index contributed by atoms with van der Waals surface area (Å²) in [6.45, 7) is 7.33. The normalized spacial score (nSPS) is 26.5. The molecule has 9 heteroatoms. The molecule has 0 aromatic carbocycles. The first-order valence-electron chi connectivity index (χ1n) is 8.84. The van der Waals surface area contributed by atoms with Crippen molar-refractivity contribution in [1.29, 1.82) is 0 Å². The lowest BCUT2D eigenvalue weighted by Crippen LogP contribution is -2.39. The lowest BCUT2D eigenvalue weighted by molar-refractivity contribution is 0.535. The molecule has 1 aliphatic rings. The Bertz CT molecular complexity index is 907. The predicted octanol–water partition coefficient (Wildman–Crippen LogP) is 3.23. The van der Waals surface area contributed by atoms with E-state index in [-0.39, 0.29) is 15.3 Å². The summed E-state index contributed by atoms with van der Waals surface area (Å²) in [4.78, 5) is 29.4. The van der Waals surface area contributed by atoms with Gasteiger partial charge in [-0.15, -0.1) is 35.3 Å². The molecule has 0 N–H and O–H groups in total. The maximum absolute atomic E-state index is 12.7. The molecule has 2 aromatic rings. The molecule has 2 aromatic heterocycles. The molecule has 6 nitrogen and oxygen atoms in total. The van der Waals surface area contributed by atoms with Gasteiger partial charge in [0, 0.05) is 29.8 Å². The molecule has 0 radical (unpaired) electrons. The minimum Gasteiger partial charge on any atom is -0.328 e. The summed E-state index contributed by atoms with van der Waals surface area (Å²) in [7, 11) is 3.45. The van der Waals surface area contributed by atoms with Gasteiger partial charge in [0.05, 0.1) is 10.4 Å². The van der Waals surface area contributed by atoms with E-state index < -0.39 is 0 Å². The Morgan fingerprint density at radius 3 is 2.46 bits per heavy atom. The van der Waals surface area contributed by atoms with Gasteiger partial charge >= 0.3 is 5.69 Å². The number of imidazole rings is 1. The summed E-state index contributed by atoms with van der Waals surface area (Å²) in [5, 5.41) is 0. The zero-order chi connectivity index (χ0) is 19.1. The molecular formula is C17H26N4O2S3. The molecule has 144 valence electrons. The number of unbranched alkanes of at least 4 members (excludes halogenated alkanes) is 1. The lowest BCUT2D eigenvalue weighted by atomic mass is 10.2. The molecule has 0 bridgehead atoms. The van der Waals surface area contributed by atoms with Gasteiger partial charge in [-0.25, -0.2) is 9.78 Å². The monoisotopic (exact) mass is 414 g/mol. The first kappa shape index (κ1) is 19.9. The van der Waals surface area contributed by atoms with Crippen LogP contribution in [0, 0.1) is 0 Å². The number of hydrogen-bond donors (Lipinski definition) is 0. The van der Waals surface area contributed by atoms with E-state index in [1.54, 1.807) is 25.0 Å². The fraction of sp³-hybridized carbons (Fsp3) is 0.706. The highest BCUT2D eigenvalue weighted by Gasteiger charge is 2.35. The van der Waals surface area contributed by atoms with Crippen LogP contribution in [-0.4, -0.2) is 31.9 Å². The minimum atomic E-state index is -0.285. The van der Waals surface area contributed by atoms with Gasteiger partial charge in [0.2, 0.25) is 0 Å². The fourth-order valence-corrected chi connectivity index (χ4v) is 10.3. The third-order valence-corrected chi connectivity index (χ3v) is 9.33. The molecule has 3 rings (SSSR count). The van der Waals surface area contributed by atoms with Crippen molar-refractivity contribution in [2.45, 2.75) is 59.8 Å². The Morgan fingerprint density at radius 1 is 1.15 bits per heavy atom. The second-order valence-electron chi connectivity index (χ2n) is 6.92. The highest BCUT2D eigenvalue weighted by molar-refractivity contribution is 8.34. The summed E-state index contributed by atoms with van der Waals surface area (Å²) >= 11 is 6.08. The number of thioether (sulfide) groups is 3. The molecule has 0 amide bonds. The summed E-state index contributed by atoms with van der Waals surface area (Å²) in [5.41, 5.74) is 0.403. The van der Waals surface area contributed by atoms with Crippen LogP contribution >= 0.6 is 35.3 Å². The molecule has 3 heterocycles. The smallest absolute Gasteiger partial charge is 0.328 e. The zero-order valence-electron chi connectivity index (χ0n) is 15.9. The molecule has 1 aliphatic heterocycles. The third kappa shape index (κ3) is 3.89. The van der Waals surface area contributed by atoms with E-state index in [0.29, 0.717) is 26.9 Å². The summed E-state index contributed by atoms with van der Waals surface area (Å²) in [6, 6.07) is 0. The SMILES string of the molecule is CC1SC(C)SC(C)(CCCCn2c(=O)c3c(ncn3C)n(C)c2=O)S1.